The second-order valence-electron chi connectivity index (χ2n) is 4.20. The molecule has 5 nitrogen and oxygen atoms in total. The molecule has 0 heterocycles. The summed E-state index contributed by atoms with van der Waals surface area (Å²) in [5.41, 5.74) is 0. The molecule has 0 bridgehead atoms. The van der Waals surface area contributed by atoms with Gasteiger partial charge in [0.05, 0.1) is 20.1 Å². The van der Waals surface area contributed by atoms with E-state index in [1.807, 2.05) is 0 Å². The summed E-state index contributed by atoms with van der Waals surface area (Å²) >= 11 is 0. The summed E-state index contributed by atoms with van der Waals surface area (Å²) in [5, 5.41) is 0. The third kappa shape index (κ3) is 3.28. The number of hydrogen-bond acceptors (Lipinski definition) is 5. The lowest BCUT2D eigenvalue weighted by Crippen LogP contribution is -2.38. The topological polar surface area (TPSA) is 69.7 Å². The number of ketones is 1. The monoisotopic (exact) mass is 242 g/mol. The van der Waals surface area contributed by atoms with E-state index in [2.05, 4.69) is 9.47 Å². The Hall–Kier alpha value is -1.39. The molecule has 1 aliphatic rings. The van der Waals surface area contributed by atoms with Gasteiger partial charge in [-0.2, -0.15) is 0 Å². The highest BCUT2D eigenvalue weighted by Crippen LogP contribution is 2.27. The smallest absolute Gasteiger partial charge is 0.317 e. The highest BCUT2D eigenvalue weighted by Gasteiger charge is 2.40. The fourth-order valence-electron chi connectivity index (χ4n) is 2.21. The molecular formula is C12H18O5. The van der Waals surface area contributed by atoms with Gasteiger partial charge < -0.3 is 9.47 Å². The molecule has 2 unspecified atom stereocenters. The molecule has 0 N–H and O–H groups in total. The zero-order valence-corrected chi connectivity index (χ0v) is 10.2. The second-order valence-corrected chi connectivity index (χ2v) is 4.20. The Morgan fingerprint density at radius 2 is 1.71 bits per heavy atom. The minimum Gasteiger partial charge on any atom is -0.469 e. The number of carbonyl (C=O) groups excluding carboxylic acids is 3. The molecule has 0 radical (unpaired) electrons. The highest BCUT2D eigenvalue weighted by atomic mass is 16.5. The van der Waals surface area contributed by atoms with E-state index in [-0.39, 0.29) is 5.78 Å². The lowest BCUT2D eigenvalue weighted by molar-refractivity contribution is -0.161. The summed E-state index contributed by atoms with van der Waals surface area (Å²) in [7, 11) is 2.49. The van der Waals surface area contributed by atoms with Gasteiger partial charge in [0.15, 0.2) is 0 Å². The van der Waals surface area contributed by atoms with Crippen LogP contribution < -0.4 is 0 Å². The van der Waals surface area contributed by atoms with E-state index in [4.69, 9.17) is 0 Å². The molecule has 1 aliphatic carbocycles. The van der Waals surface area contributed by atoms with E-state index in [9.17, 15) is 14.4 Å². The molecular weight excluding hydrogens is 224 g/mol. The lowest BCUT2D eigenvalue weighted by atomic mass is 9.81. The van der Waals surface area contributed by atoms with Crippen LogP contribution in [-0.2, 0) is 23.9 Å². The molecule has 0 aromatic heterocycles. The van der Waals surface area contributed by atoms with Gasteiger partial charge in [-0.25, -0.2) is 0 Å². The number of carbonyl (C=O) groups is 3. The van der Waals surface area contributed by atoms with Crippen LogP contribution >= 0.6 is 0 Å². The van der Waals surface area contributed by atoms with E-state index in [1.54, 1.807) is 0 Å². The summed E-state index contributed by atoms with van der Waals surface area (Å²) in [5.74, 6) is -3.04. The number of esters is 2. The average molecular weight is 242 g/mol. The SMILES string of the molecule is COC(=O)C1CCCCCC(=O)C1C(=O)OC. The van der Waals surface area contributed by atoms with E-state index in [1.165, 1.54) is 14.2 Å². The first kappa shape index (κ1) is 13.7. The fourth-order valence-corrected chi connectivity index (χ4v) is 2.21. The molecule has 0 amide bonds. The molecule has 0 aromatic carbocycles. The lowest BCUT2D eigenvalue weighted by Gasteiger charge is -2.24. The second kappa shape index (κ2) is 6.37. The van der Waals surface area contributed by atoms with Crippen LogP contribution in [0.4, 0.5) is 0 Å². The molecule has 1 saturated carbocycles. The molecule has 96 valence electrons. The molecule has 2 atom stereocenters. The van der Waals surface area contributed by atoms with Crippen molar-refractivity contribution in [1.82, 2.24) is 0 Å². The van der Waals surface area contributed by atoms with Gasteiger partial charge in [0, 0.05) is 6.42 Å². The number of Topliss-reactive ketones (excluding diaryl/α,β-unsaturated/α-hetero) is 1. The van der Waals surface area contributed by atoms with Crippen LogP contribution in [0.15, 0.2) is 0 Å². The maximum absolute atomic E-state index is 11.9. The van der Waals surface area contributed by atoms with Crippen molar-refractivity contribution in [2.24, 2.45) is 11.8 Å². The molecule has 17 heavy (non-hydrogen) atoms. The van der Waals surface area contributed by atoms with Crippen molar-refractivity contribution >= 4 is 17.7 Å². The van der Waals surface area contributed by atoms with Crippen LogP contribution in [0.1, 0.15) is 32.1 Å². The Bertz CT molecular complexity index is 310. The number of hydrogen-bond donors (Lipinski definition) is 0. The molecule has 0 aromatic rings. The van der Waals surface area contributed by atoms with Gasteiger partial charge in [0.1, 0.15) is 11.7 Å². The van der Waals surface area contributed by atoms with Crippen molar-refractivity contribution in [3.63, 3.8) is 0 Å². The van der Waals surface area contributed by atoms with Crippen molar-refractivity contribution in [2.45, 2.75) is 32.1 Å². The van der Waals surface area contributed by atoms with Gasteiger partial charge >= 0.3 is 11.9 Å². The van der Waals surface area contributed by atoms with Crippen LogP contribution in [0.3, 0.4) is 0 Å². The van der Waals surface area contributed by atoms with E-state index in [0.717, 1.165) is 19.3 Å². The van der Waals surface area contributed by atoms with Gasteiger partial charge in [-0.3, -0.25) is 14.4 Å². The van der Waals surface area contributed by atoms with Crippen molar-refractivity contribution < 1.29 is 23.9 Å². The van der Waals surface area contributed by atoms with E-state index in [0.29, 0.717) is 12.8 Å². The fraction of sp³-hybridized carbons (Fsp3) is 0.750. The van der Waals surface area contributed by atoms with Crippen molar-refractivity contribution in [2.75, 3.05) is 14.2 Å². The molecule has 0 saturated heterocycles. The molecule has 0 aliphatic heterocycles. The summed E-state index contributed by atoms with van der Waals surface area (Å²) < 4.78 is 9.27. The van der Waals surface area contributed by atoms with Crippen LogP contribution in [0.2, 0.25) is 0 Å². The summed E-state index contributed by atoms with van der Waals surface area (Å²) in [6, 6.07) is 0. The third-order valence-corrected chi connectivity index (χ3v) is 3.15. The normalized spacial score (nSPS) is 25.6. The largest absolute Gasteiger partial charge is 0.469 e. The molecule has 5 heteroatoms. The summed E-state index contributed by atoms with van der Waals surface area (Å²) in [6.45, 7) is 0. The predicted octanol–water partition coefficient (Wildman–Crippen LogP) is 1.10. The average Bonchev–Trinajstić information content (AvgIpc) is 2.32. The quantitative estimate of drug-likeness (QED) is 0.535. The van der Waals surface area contributed by atoms with Gasteiger partial charge in [0.25, 0.3) is 0 Å². The van der Waals surface area contributed by atoms with E-state index < -0.39 is 23.8 Å². The Kier molecular flexibility index (Phi) is 5.12. The number of ether oxygens (including phenoxy) is 2. The number of methoxy groups -OCH3 is 2. The molecule has 1 fully saturated rings. The zero-order valence-electron chi connectivity index (χ0n) is 10.2. The first-order chi connectivity index (χ1) is 8.11. The minimum absolute atomic E-state index is 0.216. The van der Waals surface area contributed by atoms with E-state index >= 15 is 0 Å². The van der Waals surface area contributed by atoms with Gasteiger partial charge in [-0.05, 0) is 12.8 Å². The third-order valence-electron chi connectivity index (χ3n) is 3.15. The Labute approximate surface area is 100 Å². The Balaban J connectivity index is 2.94. The predicted molar refractivity (Wildman–Crippen MR) is 59.1 cm³/mol. The highest BCUT2D eigenvalue weighted by molar-refractivity contribution is 6.02. The van der Waals surface area contributed by atoms with Crippen molar-refractivity contribution in [3.8, 4) is 0 Å². The standard InChI is InChI=1S/C12H18O5/c1-16-11(14)8-6-4-3-5-7-9(13)10(8)12(15)17-2/h8,10H,3-7H2,1-2H3. The Morgan fingerprint density at radius 3 is 2.29 bits per heavy atom. The van der Waals surface area contributed by atoms with Crippen LogP contribution in [0.25, 0.3) is 0 Å². The van der Waals surface area contributed by atoms with Crippen molar-refractivity contribution in [1.29, 1.82) is 0 Å². The van der Waals surface area contributed by atoms with Crippen molar-refractivity contribution in [3.05, 3.63) is 0 Å². The van der Waals surface area contributed by atoms with Crippen LogP contribution in [0, 0.1) is 11.8 Å². The summed E-state index contributed by atoms with van der Waals surface area (Å²) in [6.07, 6.45) is 3.30. The summed E-state index contributed by atoms with van der Waals surface area (Å²) in [4.78, 5) is 35.1. The first-order valence-electron chi connectivity index (χ1n) is 5.80. The molecule has 1 rings (SSSR count). The zero-order chi connectivity index (χ0) is 12.8. The number of rotatable bonds is 2. The maximum Gasteiger partial charge on any atom is 0.317 e. The van der Waals surface area contributed by atoms with Gasteiger partial charge in [-0.15, -0.1) is 0 Å². The van der Waals surface area contributed by atoms with Gasteiger partial charge in [0.2, 0.25) is 0 Å². The van der Waals surface area contributed by atoms with Gasteiger partial charge in [-0.1, -0.05) is 12.8 Å². The first-order valence-corrected chi connectivity index (χ1v) is 5.80. The minimum atomic E-state index is -0.993. The Morgan fingerprint density at radius 1 is 1.06 bits per heavy atom. The maximum atomic E-state index is 11.9. The molecule has 0 spiro atoms. The van der Waals surface area contributed by atoms with Crippen LogP contribution in [-0.4, -0.2) is 31.9 Å². The van der Waals surface area contributed by atoms with Crippen LogP contribution in [0.5, 0.6) is 0 Å².